The fourth-order valence-electron chi connectivity index (χ4n) is 1.70. The quantitative estimate of drug-likeness (QED) is 0.744. The van der Waals surface area contributed by atoms with E-state index < -0.39 is 11.8 Å². The molecule has 0 bridgehead atoms. The molecule has 0 aliphatic carbocycles. The number of halogens is 1. The number of nitrogens with one attached hydrogen (secondary N) is 1. The fraction of sp³-hybridized carbons (Fsp3) is 0.273. The summed E-state index contributed by atoms with van der Waals surface area (Å²) in [7, 11) is 0. The maximum absolute atomic E-state index is 13.8. The first-order chi connectivity index (χ1) is 8.13. The Bertz CT molecular complexity index is 460. The number of hydrogen-bond donors (Lipinski definition) is 2. The number of hydrogen-bond acceptors (Lipinski definition) is 3. The molecule has 0 spiro atoms. The van der Waals surface area contributed by atoms with Gasteiger partial charge in [0.25, 0.3) is 0 Å². The average molecular weight is 237 g/mol. The van der Waals surface area contributed by atoms with Gasteiger partial charge in [0, 0.05) is 17.7 Å². The summed E-state index contributed by atoms with van der Waals surface area (Å²) in [4.78, 5) is 23.6. The van der Waals surface area contributed by atoms with E-state index in [1.807, 2.05) is 0 Å². The van der Waals surface area contributed by atoms with Gasteiger partial charge in [0.1, 0.15) is 5.82 Å². The summed E-state index contributed by atoms with van der Waals surface area (Å²) < 4.78 is 13.8. The Labute approximate surface area is 97.4 Å². The van der Waals surface area contributed by atoms with Crippen molar-refractivity contribution in [3.05, 3.63) is 35.1 Å². The molecule has 1 aliphatic rings. The van der Waals surface area contributed by atoms with Crippen LogP contribution in [0.1, 0.15) is 11.1 Å². The van der Waals surface area contributed by atoms with E-state index in [2.05, 4.69) is 5.32 Å². The highest BCUT2D eigenvalue weighted by molar-refractivity contribution is 6.01. The standard InChI is InChI=1S/C11H12FN3O2/c12-10-7(4-13)2-1-3-8(10)6-15-9(16)5-14-11(15)17/h1-3H,4-6,13H2,(H,14,17). The summed E-state index contributed by atoms with van der Waals surface area (Å²) in [6.45, 7) is -0.0127. The van der Waals surface area contributed by atoms with Gasteiger partial charge in [0.2, 0.25) is 5.91 Å². The third-order valence-electron chi connectivity index (χ3n) is 2.64. The lowest BCUT2D eigenvalue weighted by Gasteiger charge is -2.14. The van der Waals surface area contributed by atoms with Crippen molar-refractivity contribution in [1.29, 1.82) is 0 Å². The molecule has 0 unspecified atom stereocenters. The van der Waals surface area contributed by atoms with Crippen molar-refractivity contribution in [3.63, 3.8) is 0 Å². The van der Waals surface area contributed by atoms with Crippen LogP contribution in [-0.2, 0) is 17.9 Å². The fourth-order valence-corrected chi connectivity index (χ4v) is 1.70. The Morgan fingerprint density at radius 2 is 2.06 bits per heavy atom. The normalized spacial score (nSPS) is 15.3. The van der Waals surface area contributed by atoms with Gasteiger partial charge in [0.15, 0.2) is 0 Å². The molecule has 6 heteroatoms. The van der Waals surface area contributed by atoms with Gasteiger partial charge < -0.3 is 11.1 Å². The van der Waals surface area contributed by atoms with Crippen molar-refractivity contribution in [2.75, 3.05) is 6.54 Å². The van der Waals surface area contributed by atoms with Gasteiger partial charge in [-0.25, -0.2) is 9.18 Å². The van der Waals surface area contributed by atoms with Crippen LogP contribution >= 0.6 is 0 Å². The predicted octanol–water partition coefficient (Wildman–Crippen LogP) is 0.336. The van der Waals surface area contributed by atoms with E-state index in [1.165, 1.54) is 6.07 Å². The van der Waals surface area contributed by atoms with Crippen molar-refractivity contribution in [1.82, 2.24) is 10.2 Å². The minimum atomic E-state index is -0.493. The molecular weight excluding hydrogens is 225 g/mol. The summed E-state index contributed by atoms with van der Waals surface area (Å²) in [5.41, 5.74) is 6.04. The second kappa shape index (κ2) is 4.50. The van der Waals surface area contributed by atoms with Gasteiger partial charge in [-0.15, -0.1) is 0 Å². The summed E-state index contributed by atoms with van der Waals surface area (Å²) in [5, 5.41) is 2.38. The van der Waals surface area contributed by atoms with Crippen LogP contribution in [0.4, 0.5) is 9.18 Å². The van der Waals surface area contributed by atoms with Crippen molar-refractivity contribution < 1.29 is 14.0 Å². The Morgan fingerprint density at radius 3 is 2.65 bits per heavy atom. The van der Waals surface area contributed by atoms with E-state index in [9.17, 15) is 14.0 Å². The second-order valence-electron chi connectivity index (χ2n) is 3.73. The van der Waals surface area contributed by atoms with Gasteiger partial charge in [-0.3, -0.25) is 9.69 Å². The van der Waals surface area contributed by atoms with Crippen LogP contribution in [0.25, 0.3) is 0 Å². The van der Waals surface area contributed by atoms with Crippen LogP contribution in [0.5, 0.6) is 0 Å². The van der Waals surface area contributed by atoms with E-state index in [0.717, 1.165) is 4.90 Å². The zero-order valence-corrected chi connectivity index (χ0v) is 9.07. The number of rotatable bonds is 3. The summed E-state index contributed by atoms with van der Waals surface area (Å²) in [6.07, 6.45) is 0. The van der Waals surface area contributed by atoms with Gasteiger partial charge in [0.05, 0.1) is 13.1 Å². The molecule has 0 radical (unpaired) electrons. The maximum Gasteiger partial charge on any atom is 0.324 e. The lowest BCUT2D eigenvalue weighted by atomic mass is 10.1. The number of carbonyl (C=O) groups excluding carboxylic acids is 2. The molecule has 0 saturated carbocycles. The van der Waals surface area contributed by atoms with Crippen LogP contribution in [-0.4, -0.2) is 23.4 Å². The molecule has 3 N–H and O–H groups in total. The van der Waals surface area contributed by atoms with Crippen molar-refractivity contribution >= 4 is 11.9 Å². The second-order valence-corrected chi connectivity index (χ2v) is 3.73. The largest absolute Gasteiger partial charge is 0.329 e. The first kappa shape index (κ1) is 11.5. The minimum Gasteiger partial charge on any atom is -0.329 e. The van der Waals surface area contributed by atoms with E-state index in [-0.39, 0.29) is 25.5 Å². The SMILES string of the molecule is NCc1cccc(CN2C(=O)CNC2=O)c1F. The zero-order chi connectivity index (χ0) is 12.4. The number of amides is 3. The minimum absolute atomic E-state index is 0.0307. The highest BCUT2D eigenvalue weighted by Gasteiger charge is 2.29. The van der Waals surface area contributed by atoms with Gasteiger partial charge >= 0.3 is 6.03 Å². The Hall–Kier alpha value is -1.95. The number of carbonyl (C=O) groups is 2. The first-order valence-corrected chi connectivity index (χ1v) is 5.18. The third kappa shape index (κ3) is 2.12. The highest BCUT2D eigenvalue weighted by Crippen LogP contribution is 2.16. The molecule has 2 rings (SSSR count). The molecule has 5 nitrogen and oxygen atoms in total. The molecule has 3 amide bonds. The van der Waals surface area contributed by atoms with Crippen molar-refractivity contribution in [2.24, 2.45) is 5.73 Å². The Balaban J connectivity index is 2.24. The highest BCUT2D eigenvalue weighted by atomic mass is 19.1. The number of nitrogens with two attached hydrogens (primary N) is 1. The molecule has 1 fully saturated rings. The van der Waals surface area contributed by atoms with Gasteiger partial charge in [-0.2, -0.15) is 0 Å². The third-order valence-corrected chi connectivity index (χ3v) is 2.64. The van der Waals surface area contributed by atoms with Gasteiger partial charge in [-0.1, -0.05) is 18.2 Å². The van der Waals surface area contributed by atoms with E-state index in [1.54, 1.807) is 12.1 Å². The van der Waals surface area contributed by atoms with Crippen molar-refractivity contribution in [3.8, 4) is 0 Å². The average Bonchev–Trinajstić information content (AvgIpc) is 2.63. The van der Waals surface area contributed by atoms with Crippen LogP contribution < -0.4 is 11.1 Å². The molecular formula is C11H12FN3O2. The zero-order valence-electron chi connectivity index (χ0n) is 9.07. The van der Waals surface area contributed by atoms with Crippen molar-refractivity contribution in [2.45, 2.75) is 13.1 Å². The van der Waals surface area contributed by atoms with E-state index in [0.29, 0.717) is 11.1 Å². The van der Waals surface area contributed by atoms with Crippen LogP contribution in [0.15, 0.2) is 18.2 Å². The molecule has 1 aliphatic heterocycles. The lowest BCUT2D eigenvalue weighted by molar-refractivity contribution is -0.125. The number of urea groups is 1. The van der Waals surface area contributed by atoms with Crippen LogP contribution in [0.3, 0.4) is 0 Å². The Morgan fingerprint density at radius 1 is 1.35 bits per heavy atom. The smallest absolute Gasteiger partial charge is 0.324 e. The van der Waals surface area contributed by atoms with Crippen LogP contribution in [0, 0.1) is 5.82 Å². The number of benzene rings is 1. The number of imide groups is 1. The molecule has 17 heavy (non-hydrogen) atoms. The predicted molar refractivity (Wildman–Crippen MR) is 58.2 cm³/mol. The molecule has 1 saturated heterocycles. The maximum atomic E-state index is 13.8. The van der Waals surface area contributed by atoms with E-state index in [4.69, 9.17) is 5.73 Å². The molecule has 0 aromatic heterocycles. The molecule has 0 atom stereocenters. The molecule has 1 aromatic rings. The Kier molecular flexibility index (Phi) is 3.06. The molecule has 90 valence electrons. The van der Waals surface area contributed by atoms with Crippen LogP contribution in [0.2, 0.25) is 0 Å². The topological polar surface area (TPSA) is 75.4 Å². The summed E-state index contributed by atoms with van der Waals surface area (Å²) >= 11 is 0. The monoisotopic (exact) mass is 237 g/mol. The summed E-state index contributed by atoms with van der Waals surface area (Å²) in [6, 6.07) is 4.27. The first-order valence-electron chi connectivity index (χ1n) is 5.18. The number of nitrogens with zero attached hydrogens (tertiary/aromatic N) is 1. The van der Waals surface area contributed by atoms with E-state index >= 15 is 0 Å². The summed E-state index contributed by atoms with van der Waals surface area (Å²) in [5.74, 6) is -0.810. The lowest BCUT2D eigenvalue weighted by Crippen LogP contribution is -2.30. The molecule has 1 aromatic carbocycles. The van der Waals surface area contributed by atoms with Gasteiger partial charge in [-0.05, 0) is 0 Å². The molecule has 1 heterocycles.